The molecule has 1 amide bonds. The topological polar surface area (TPSA) is 81.3 Å². The van der Waals surface area contributed by atoms with Crippen LogP contribution in [-0.2, 0) is 17.8 Å². The Morgan fingerprint density at radius 2 is 1.92 bits per heavy atom. The second-order valence-electron chi connectivity index (χ2n) is 6.28. The zero-order chi connectivity index (χ0) is 18.0. The second kappa shape index (κ2) is 7.04. The van der Waals surface area contributed by atoms with Crippen LogP contribution in [0.5, 0.6) is 0 Å². The van der Waals surface area contributed by atoms with Crippen LogP contribution in [0.25, 0.3) is 16.7 Å². The van der Waals surface area contributed by atoms with Gasteiger partial charge in [-0.1, -0.05) is 26.0 Å². The van der Waals surface area contributed by atoms with E-state index in [0.717, 1.165) is 30.6 Å². The van der Waals surface area contributed by atoms with Crippen molar-refractivity contribution in [2.24, 2.45) is 0 Å². The molecule has 0 spiro atoms. The quantitative estimate of drug-likeness (QED) is 0.742. The molecular formula is C18H23N5O2. The lowest BCUT2D eigenvalue weighted by Gasteiger charge is -2.15. The highest BCUT2D eigenvalue weighted by molar-refractivity contribution is 5.82. The Bertz CT molecular complexity index is 973. The molecular weight excluding hydrogens is 318 g/mol. The van der Waals surface area contributed by atoms with Crippen LogP contribution in [0.2, 0.25) is 0 Å². The van der Waals surface area contributed by atoms with Gasteiger partial charge >= 0.3 is 0 Å². The van der Waals surface area contributed by atoms with Gasteiger partial charge in [-0.2, -0.15) is 0 Å². The van der Waals surface area contributed by atoms with Crippen molar-refractivity contribution >= 4 is 22.6 Å². The first kappa shape index (κ1) is 17.1. The Labute approximate surface area is 145 Å². The van der Waals surface area contributed by atoms with Crippen molar-refractivity contribution in [2.45, 2.75) is 52.6 Å². The van der Waals surface area contributed by atoms with Crippen molar-refractivity contribution in [2.75, 3.05) is 0 Å². The average Bonchev–Trinajstić information content (AvgIpc) is 3.03. The summed E-state index contributed by atoms with van der Waals surface area (Å²) in [5, 5.41) is 11.2. The Morgan fingerprint density at radius 1 is 1.20 bits per heavy atom. The number of carbonyl (C=O) groups is 1. The molecule has 0 aliphatic heterocycles. The van der Waals surface area contributed by atoms with E-state index in [9.17, 15) is 9.59 Å². The van der Waals surface area contributed by atoms with Crippen LogP contribution in [0.15, 0.2) is 29.1 Å². The standard InChI is InChI=1S/C18H23N5O2/c1-4-8-15-20-21-17-18(25)22(11-16(24)19-12(3)5-2)13-9-6-7-10-14(13)23(15)17/h6-7,9-10,12H,4-5,8,11H2,1-3H3,(H,19,24)/t12-/m0/s1. The Morgan fingerprint density at radius 3 is 2.60 bits per heavy atom. The van der Waals surface area contributed by atoms with Gasteiger partial charge in [0.05, 0.1) is 11.0 Å². The maximum absolute atomic E-state index is 12.9. The van der Waals surface area contributed by atoms with Crippen LogP contribution < -0.4 is 10.9 Å². The molecule has 1 N–H and O–H groups in total. The number of aromatic nitrogens is 4. The molecule has 0 bridgehead atoms. The normalized spacial score (nSPS) is 12.6. The molecule has 3 rings (SSSR count). The number of aryl methyl sites for hydroxylation is 1. The van der Waals surface area contributed by atoms with Gasteiger partial charge in [0, 0.05) is 12.5 Å². The van der Waals surface area contributed by atoms with E-state index in [-0.39, 0.29) is 29.7 Å². The van der Waals surface area contributed by atoms with Gasteiger partial charge in [-0.25, -0.2) is 0 Å². The summed E-state index contributed by atoms with van der Waals surface area (Å²) >= 11 is 0. The molecule has 25 heavy (non-hydrogen) atoms. The van der Waals surface area contributed by atoms with Gasteiger partial charge in [0.15, 0.2) is 0 Å². The van der Waals surface area contributed by atoms with Crippen LogP contribution in [0, 0.1) is 0 Å². The summed E-state index contributed by atoms with van der Waals surface area (Å²) in [4.78, 5) is 25.2. The SMILES string of the molecule is CCCc1nnc2c(=O)n(CC(=O)N[C@@H](C)CC)c3ccccc3n12. The molecule has 1 atom stereocenters. The van der Waals surface area contributed by atoms with Gasteiger partial charge in [0.25, 0.3) is 5.56 Å². The molecule has 2 heterocycles. The molecule has 1 aromatic carbocycles. The largest absolute Gasteiger partial charge is 0.352 e. The predicted octanol–water partition coefficient (Wildman–Crippen LogP) is 1.91. The molecule has 0 fully saturated rings. The molecule has 0 radical (unpaired) electrons. The second-order valence-corrected chi connectivity index (χ2v) is 6.28. The van der Waals surface area contributed by atoms with Crippen molar-refractivity contribution < 1.29 is 4.79 Å². The Hall–Kier alpha value is -2.70. The first-order valence-corrected chi connectivity index (χ1v) is 8.71. The maximum atomic E-state index is 12.9. The number of hydrogen-bond donors (Lipinski definition) is 1. The highest BCUT2D eigenvalue weighted by Gasteiger charge is 2.17. The monoisotopic (exact) mass is 341 g/mol. The van der Waals surface area contributed by atoms with E-state index in [0.29, 0.717) is 5.52 Å². The lowest BCUT2D eigenvalue weighted by Crippen LogP contribution is -2.37. The van der Waals surface area contributed by atoms with Crippen LogP contribution in [0.3, 0.4) is 0 Å². The molecule has 3 aromatic rings. The third kappa shape index (κ3) is 3.14. The van der Waals surface area contributed by atoms with E-state index in [4.69, 9.17) is 0 Å². The summed E-state index contributed by atoms with van der Waals surface area (Å²) in [6, 6.07) is 7.62. The average molecular weight is 341 g/mol. The zero-order valence-electron chi connectivity index (χ0n) is 14.8. The molecule has 0 saturated heterocycles. The molecule has 7 nitrogen and oxygen atoms in total. The molecule has 132 valence electrons. The highest BCUT2D eigenvalue weighted by atomic mass is 16.2. The highest BCUT2D eigenvalue weighted by Crippen LogP contribution is 2.16. The number of nitrogens with zero attached hydrogens (tertiary/aromatic N) is 4. The fraction of sp³-hybridized carbons (Fsp3) is 0.444. The van der Waals surface area contributed by atoms with Crippen molar-refractivity contribution in [1.82, 2.24) is 24.5 Å². The van der Waals surface area contributed by atoms with Crippen molar-refractivity contribution in [3.8, 4) is 0 Å². The summed E-state index contributed by atoms with van der Waals surface area (Å²) < 4.78 is 3.29. The fourth-order valence-electron chi connectivity index (χ4n) is 2.93. The summed E-state index contributed by atoms with van der Waals surface area (Å²) in [6.45, 7) is 5.97. The lowest BCUT2D eigenvalue weighted by molar-refractivity contribution is -0.122. The minimum absolute atomic E-state index is 0.0316. The predicted molar refractivity (Wildman–Crippen MR) is 96.6 cm³/mol. The summed E-state index contributed by atoms with van der Waals surface area (Å²) in [5.74, 6) is 0.584. The number of amides is 1. The van der Waals surface area contributed by atoms with Crippen molar-refractivity contribution in [3.05, 3.63) is 40.4 Å². The third-order valence-corrected chi connectivity index (χ3v) is 4.38. The van der Waals surface area contributed by atoms with Gasteiger partial charge in [0.2, 0.25) is 11.6 Å². The van der Waals surface area contributed by atoms with Crippen LogP contribution >= 0.6 is 0 Å². The smallest absolute Gasteiger partial charge is 0.297 e. The van der Waals surface area contributed by atoms with Crippen molar-refractivity contribution in [3.63, 3.8) is 0 Å². The molecule has 0 aliphatic rings. The molecule has 2 aromatic heterocycles. The molecule has 0 aliphatic carbocycles. The minimum atomic E-state index is -0.298. The van der Waals surface area contributed by atoms with Gasteiger partial charge in [-0.3, -0.25) is 18.6 Å². The lowest BCUT2D eigenvalue weighted by atomic mass is 10.2. The number of hydrogen-bond acceptors (Lipinski definition) is 4. The van der Waals surface area contributed by atoms with E-state index in [1.54, 1.807) is 0 Å². The number of benzene rings is 1. The van der Waals surface area contributed by atoms with Crippen LogP contribution in [-0.4, -0.2) is 31.1 Å². The fourth-order valence-corrected chi connectivity index (χ4v) is 2.93. The van der Waals surface area contributed by atoms with Crippen LogP contribution in [0.4, 0.5) is 0 Å². The van der Waals surface area contributed by atoms with E-state index in [2.05, 4.69) is 22.4 Å². The van der Waals surface area contributed by atoms with E-state index in [1.807, 2.05) is 42.5 Å². The summed E-state index contributed by atoms with van der Waals surface area (Å²) in [6.07, 6.45) is 2.49. The summed E-state index contributed by atoms with van der Waals surface area (Å²) in [5.41, 5.74) is 1.50. The van der Waals surface area contributed by atoms with Crippen molar-refractivity contribution in [1.29, 1.82) is 0 Å². The first-order chi connectivity index (χ1) is 12.1. The Balaban J connectivity index is 2.17. The molecule has 7 heteroatoms. The number of para-hydroxylation sites is 2. The number of nitrogens with one attached hydrogen (secondary N) is 1. The Kier molecular flexibility index (Phi) is 4.83. The van der Waals surface area contributed by atoms with Gasteiger partial charge in [-0.05, 0) is 31.9 Å². The molecule has 0 saturated carbocycles. The molecule has 0 unspecified atom stereocenters. The minimum Gasteiger partial charge on any atom is -0.352 e. The van der Waals surface area contributed by atoms with E-state index < -0.39 is 0 Å². The number of fused-ring (bicyclic) bond motifs is 3. The number of carbonyl (C=O) groups excluding carboxylic acids is 1. The first-order valence-electron chi connectivity index (χ1n) is 8.71. The van der Waals surface area contributed by atoms with E-state index >= 15 is 0 Å². The van der Waals surface area contributed by atoms with Gasteiger partial charge in [-0.15, -0.1) is 10.2 Å². The maximum Gasteiger partial charge on any atom is 0.297 e. The third-order valence-electron chi connectivity index (χ3n) is 4.38. The number of rotatable bonds is 6. The van der Waals surface area contributed by atoms with Crippen LogP contribution in [0.1, 0.15) is 39.4 Å². The van der Waals surface area contributed by atoms with E-state index in [1.165, 1.54) is 4.57 Å². The summed E-state index contributed by atoms with van der Waals surface area (Å²) in [7, 11) is 0. The zero-order valence-corrected chi connectivity index (χ0v) is 14.8. The van der Waals surface area contributed by atoms with Gasteiger partial charge in [0.1, 0.15) is 12.4 Å². The van der Waals surface area contributed by atoms with Gasteiger partial charge < -0.3 is 5.32 Å².